The maximum absolute atomic E-state index is 12.2. The van der Waals surface area contributed by atoms with Gasteiger partial charge in [0.15, 0.2) is 0 Å². The van der Waals surface area contributed by atoms with Gasteiger partial charge in [0.25, 0.3) is 0 Å². The topological polar surface area (TPSA) is 46.6 Å². The van der Waals surface area contributed by atoms with Crippen LogP contribution < -0.4 is 4.90 Å². The SMILES string of the molecule is CCCCCCCOC(=O)C(=O)N(CC)c1cccc(C)c1. The molecule has 0 aliphatic rings. The van der Waals surface area contributed by atoms with Crippen LogP contribution in [0.4, 0.5) is 5.69 Å². The van der Waals surface area contributed by atoms with Crippen molar-refractivity contribution in [2.45, 2.75) is 52.9 Å². The Morgan fingerprint density at radius 1 is 1.09 bits per heavy atom. The number of anilines is 1. The van der Waals surface area contributed by atoms with Crippen molar-refractivity contribution in [2.24, 2.45) is 0 Å². The van der Waals surface area contributed by atoms with Crippen LogP contribution in [0.5, 0.6) is 0 Å². The fourth-order valence-electron chi connectivity index (χ4n) is 2.28. The summed E-state index contributed by atoms with van der Waals surface area (Å²) in [6.45, 7) is 6.71. The van der Waals surface area contributed by atoms with E-state index >= 15 is 0 Å². The number of ether oxygens (including phenoxy) is 1. The van der Waals surface area contributed by atoms with Gasteiger partial charge in [-0.25, -0.2) is 4.79 Å². The number of benzene rings is 1. The van der Waals surface area contributed by atoms with E-state index in [1.54, 1.807) is 0 Å². The van der Waals surface area contributed by atoms with Gasteiger partial charge in [0.2, 0.25) is 0 Å². The van der Waals surface area contributed by atoms with Crippen LogP contribution in [-0.4, -0.2) is 25.0 Å². The van der Waals surface area contributed by atoms with Gasteiger partial charge >= 0.3 is 11.9 Å². The third-order valence-electron chi connectivity index (χ3n) is 3.53. The van der Waals surface area contributed by atoms with E-state index in [0.29, 0.717) is 13.2 Å². The van der Waals surface area contributed by atoms with E-state index in [9.17, 15) is 9.59 Å². The quantitative estimate of drug-likeness (QED) is 0.416. The van der Waals surface area contributed by atoms with Crippen LogP contribution in [0, 0.1) is 6.92 Å². The van der Waals surface area contributed by atoms with Crippen molar-refractivity contribution >= 4 is 17.6 Å². The first-order valence-electron chi connectivity index (χ1n) is 8.15. The lowest BCUT2D eigenvalue weighted by Crippen LogP contribution is -2.37. The summed E-state index contributed by atoms with van der Waals surface area (Å²) in [4.78, 5) is 25.5. The number of likely N-dealkylation sites (N-methyl/N-ethyl adjacent to an activating group) is 1. The molecule has 1 aromatic rings. The van der Waals surface area contributed by atoms with Crippen molar-refractivity contribution in [3.05, 3.63) is 29.8 Å². The molecular formula is C18H27NO3. The van der Waals surface area contributed by atoms with Crippen molar-refractivity contribution < 1.29 is 14.3 Å². The van der Waals surface area contributed by atoms with Crippen LogP contribution in [-0.2, 0) is 14.3 Å². The van der Waals surface area contributed by atoms with Crippen LogP contribution in [0.3, 0.4) is 0 Å². The predicted molar refractivity (Wildman–Crippen MR) is 88.9 cm³/mol. The van der Waals surface area contributed by atoms with E-state index in [1.807, 2.05) is 38.1 Å². The largest absolute Gasteiger partial charge is 0.459 e. The molecule has 0 saturated carbocycles. The zero-order chi connectivity index (χ0) is 16.4. The minimum absolute atomic E-state index is 0.319. The van der Waals surface area contributed by atoms with Gasteiger partial charge in [-0.1, -0.05) is 44.7 Å². The standard InChI is InChI=1S/C18H27NO3/c1-4-6-7-8-9-13-22-18(21)17(20)19(5-2)16-12-10-11-15(3)14-16/h10-12,14H,4-9,13H2,1-3H3. The van der Waals surface area contributed by atoms with E-state index in [2.05, 4.69) is 6.92 Å². The summed E-state index contributed by atoms with van der Waals surface area (Å²) in [6.07, 6.45) is 5.37. The van der Waals surface area contributed by atoms with Crippen molar-refractivity contribution in [1.82, 2.24) is 0 Å². The average Bonchev–Trinajstić information content (AvgIpc) is 2.51. The van der Waals surface area contributed by atoms with Gasteiger partial charge in [0.05, 0.1) is 6.61 Å². The van der Waals surface area contributed by atoms with Gasteiger partial charge in [-0.2, -0.15) is 0 Å². The third-order valence-corrected chi connectivity index (χ3v) is 3.53. The minimum Gasteiger partial charge on any atom is -0.459 e. The Morgan fingerprint density at radius 3 is 2.45 bits per heavy atom. The highest BCUT2D eigenvalue weighted by Gasteiger charge is 2.23. The van der Waals surface area contributed by atoms with E-state index in [4.69, 9.17) is 4.74 Å². The predicted octanol–water partition coefficient (Wildman–Crippen LogP) is 3.86. The molecule has 0 aliphatic heterocycles. The Bertz CT molecular complexity index is 485. The molecule has 0 radical (unpaired) electrons. The molecule has 22 heavy (non-hydrogen) atoms. The van der Waals surface area contributed by atoms with Crippen LogP contribution in [0.15, 0.2) is 24.3 Å². The highest BCUT2D eigenvalue weighted by Crippen LogP contribution is 2.16. The van der Waals surface area contributed by atoms with Crippen molar-refractivity contribution in [3.8, 4) is 0 Å². The smallest absolute Gasteiger partial charge is 0.397 e. The number of carbonyl (C=O) groups excluding carboxylic acids is 2. The molecule has 0 fully saturated rings. The van der Waals surface area contributed by atoms with Crippen LogP contribution >= 0.6 is 0 Å². The monoisotopic (exact) mass is 305 g/mol. The first-order valence-corrected chi connectivity index (χ1v) is 8.15. The first-order chi connectivity index (χ1) is 10.6. The molecule has 0 spiro atoms. The zero-order valence-electron chi connectivity index (χ0n) is 13.9. The molecule has 0 N–H and O–H groups in total. The van der Waals surface area contributed by atoms with Gasteiger partial charge in [-0.05, 0) is 38.0 Å². The second kappa shape index (κ2) is 9.98. The summed E-state index contributed by atoms with van der Waals surface area (Å²) in [7, 11) is 0. The Hall–Kier alpha value is -1.84. The Morgan fingerprint density at radius 2 is 1.82 bits per heavy atom. The summed E-state index contributed by atoms with van der Waals surface area (Å²) in [5.74, 6) is -1.36. The summed E-state index contributed by atoms with van der Waals surface area (Å²) < 4.78 is 5.09. The molecule has 4 nitrogen and oxygen atoms in total. The lowest BCUT2D eigenvalue weighted by Gasteiger charge is -2.20. The third kappa shape index (κ3) is 5.88. The Balaban J connectivity index is 2.48. The summed E-state index contributed by atoms with van der Waals surface area (Å²) in [6, 6.07) is 7.54. The van der Waals surface area contributed by atoms with Gasteiger partial charge in [-0.15, -0.1) is 0 Å². The molecule has 0 aromatic heterocycles. The molecule has 4 heteroatoms. The zero-order valence-corrected chi connectivity index (χ0v) is 13.9. The van der Waals surface area contributed by atoms with E-state index in [0.717, 1.165) is 30.5 Å². The number of amides is 1. The van der Waals surface area contributed by atoms with Gasteiger partial charge < -0.3 is 9.64 Å². The summed E-state index contributed by atoms with van der Waals surface area (Å²) in [5.41, 5.74) is 1.78. The molecular weight excluding hydrogens is 278 g/mol. The number of hydrogen-bond acceptors (Lipinski definition) is 3. The van der Waals surface area contributed by atoms with Gasteiger partial charge in [-0.3, -0.25) is 4.79 Å². The lowest BCUT2D eigenvalue weighted by molar-refractivity contribution is -0.153. The van der Waals surface area contributed by atoms with Crippen LogP contribution in [0.2, 0.25) is 0 Å². The number of rotatable bonds is 8. The maximum Gasteiger partial charge on any atom is 0.397 e. The molecule has 1 amide bonds. The van der Waals surface area contributed by atoms with E-state index in [1.165, 1.54) is 17.7 Å². The normalized spacial score (nSPS) is 10.3. The van der Waals surface area contributed by atoms with Crippen LogP contribution in [0.1, 0.15) is 51.5 Å². The minimum atomic E-state index is -0.765. The number of carbonyl (C=O) groups is 2. The molecule has 0 saturated heterocycles. The van der Waals surface area contributed by atoms with Gasteiger partial charge in [0.1, 0.15) is 0 Å². The van der Waals surface area contributed by atoms with E-state index in [-0.39, 0.29) is 0 Å². The fourth-order valence-corrected chi connectivity index (χ4v) is 2.28. The van der Waals surface area contributed by atoms with Crippen molar-refractivity contribution in [1.29, 1.82) is 0 Å². The van der Waals surface area contributed by atoms with E-state index < -0.39 is 11.9 Å². The number of unbranched alkanes of at least 4 members (excludes halogenated alkanes) is 4. The number of aryl methyl sites for hydroxylation is 1. The highest BCUT2D eigenvalue weighted by molar-refractivity contribution is 6.38. The molecule has 0 heterocycles. The molecule has 1 aromatic carbocycles. The molecule has 0 atom stereocenters. The molecule has 0 unspecified atom stereocenters. The highest BCUT2D eigenvalue weighted by atomic mass is 16.5. The van der Waals surface area contributed by atoms with Crippen molar-refractivity contribution in [3.63, 3.8) is 0 Å². The second-order valence-electron chi connectivity index (χ2n) is 5.44. The van der Waals surface area contributed by atoms with Gasteiger partial charge in [0, 0.05) is 12.2 Å². The summed E-state index contributed by atoms with van der Waals surface area (Å²) in [5, 5.41) is 0. The molecule has 1 rings (SSSR count). The fraction of sp³-hybridized carbons (Fsp3) is 0.556. The molecule has 0 bridgehead atoms. The number of esters is 1. The maximum atomic E-state index is 12.2. The molecule has 122 valence electrons. The lowest BCUT2D eigenvalue weighted by atomic mass is 10.2. The number of nitrogens with zero attached hydrogens (tertiary/aromatic N) is 1. The first kappa shape index (κ1) is 18.2. The second-order valence-corrected chi connectivity index (χ2v) is 5.44. The number of hydrogen-bond donors (Lipinski definition) is 0. The van der Waals surface area contributed by atoms with Crippen LogP contribution in [0.25, 0.3) is 0 Å². The van der Waals surface area contributed by atoms with Crippen molar-refractivity contribution in [2.75, 3.05) is 18.1 Å². The Kier molecular flexibility index (Phi) is 8.26. The summed E-state index contributed by atoms with van der Waals surface area (Å²) >= 11 is 0. The average molecular weight is 305 g/mol. The molecule has 0 aliphatic carbocycles. The Labute approximate surface area is 133 Å².